The van der Waals surface area contributed by atoms with Gasteiger partial charge in [-0.1, -0.05) is 17.7 Å². The molecule has 0 aromatic heterocycles. The smallest absolute Gasteiger partial charge is 0.330 e. The number of carboxylic acids is 1. The van der Waals surface area contributed by atoms with Gasteiger partial charge in [-0.05, 0) is 37.5 Å². The van der Waals surface area contributed by atoms with Gasteiger partial charge in [-0.3, -0.25) is 4.79 Å². The molecule has 1 aromatic rings. The molecule has 120 valence electrons. The van der Waals surface area contributed by atoms with Crippen LogP contribution in [0.2, 0.25) is 5.02 Å². The Balaban J connectivity index is 2.13. The average molecular weight is 330 g/mol. The summed E-state index contributed by atoms with van der Waals surface area (Å²) in [4.78, 5) is 23.6. The Kier molecular flexibility index (Phi) is 5.37. The van der Waals surface area contributed by atoms with Gasteiger partial charge in [0.15, 0.2) is 6.04 Å². The molecule has 1 fully saturated rings. The average Bonchev–Trinajstić information content (AvgIpc) is 2.47. The van der Waals surface area contributed by atoms with E-state index in [1.54, 1.807) is 0 Å². The van der Waals surface area contributed by atoms with Crippen molar-refractivity contribution in [3.8, 4) is 0 Å². The Labute approximate surface area is 132 Å². The van der Waals surface area contributed by atoms with Crippen LogP contribution in [0.3, 0.4) is 0 Å². The van der Waals surface area contributed by atoms with Gasteiger partial charge >= 0.3 is 5.97 Å². The SMILES string of the molecule is CC1CC(C(=O)NC(C(=O)O)c2ccc(Cl)c(F)c2)CCO1. The summed E-state index contributed by atoms with van der Waals surface area (Å²) in [6.07, 6.45) is 1.03. The highest BCUT2D eigenvalue weighted by Gasteiger charge is 2.30. The van der Waals surface area contributed by atoms with Crippen LogP contribution in [-0.4, -0.2) is 29.7 Å². The van der Waals surface area contributed by atoms with Crippen molar-refractivity contribution in [2.24, 2.45) is 5.92 Å². The lowest BCUT2D eigenvalue weighted by atomic mass is 9.94. The Bertz CT molecular complexity index is 581. The zero-order valence-electron chi connectivity index (χ0n) is 12.0. The summed E-state index contributed by atoms with van der Waals surface area (Å²) in [7, 11) is 0. The zero-order valence-corrected chi connectivity index (χ0v) is 12.8. The van der Waals surface area contributed by atoms with Crippen LogP contribution in [0.1, 0.15) is 31.4 Å². The first kappa shape index (κ1) is 16.7. The first-order valence-corrected chi connectivity index (χ1v) is 7.36. The highest BCUT2D eigenvalue weighted by atomic mass is 35.5. The number of carboxylic acid groups (broad SMARTS) is 1. The molecule has 0 radical (unpaired) electrons. The van der Waals surface area contributed by atoms with E-state index in [1.807, 2.05) is 6.92 Å². The topological polar surface area (TPSA) is 75.6 Å². The first-order chi connectivity index (χ1) is 10.4. The molecule has 1 aromatic carbocycles. The maximum atomic E-state index is 13.5. The third kappa shape index (κ3) is 3.96. The fourth-order valence-electron chi connectivity index (χ4n) is 2.48. The lowest BCUT2D eigenvalue weighted by molar-refractivity contribution is -0.143. The van der Waals surface area contributed by atoms with E-state index in [1.165, 1.54) is 12.1 Å². The van der Waals surface area contributed by atoms with Crippen molar-refractivity contribution in [2.45, 2.75) is 31.9 Å². The maximum absolute atomic E-state index is 13.5. The van der Waals surface area contributed by atoms with Crippen molar-refractivity contribution < 1.29 is 23.8 Å². The molecule has 3 atom stereocenters. The van der Waals surface area contributed by atoms with Gasteiger partial charge in [0.25, 0.3) is 0 Å². The molecule has 5 nitrogen and oxygen atoms in total. The maximum Gasteiger partial charge on any atom is 0.330 e. The summed E-state index contributed by atoms with van der Waals surface area (Å²) >= 11 is 5.58. The van der Waals surface area contributed by atoms with E-state index in [2.05, 4.69) is 5.32 Å². The summed E-state index contributed by atoms with van der Waals surface area (Å²) < 4.78 is 18.9. The molecule has 2 rings (SSSR count). The lowest BCUT2D eigenvalue weighted by Gasteiger charge is -2.27. The minimum absolute atomic E-state index is 0.0410. The Hall–Kier alpha value is -1.66. The summed E-state index contributed by atoms with van der Waals surface area (Å²) in [5, 5.41) is 11.7. The molecule has 7 heteroatoms. The summed E-state index contributed by atoms with van der Waals surface area (Å²) in [5.41, 5.74) is 0.142. The fourth-order valence-corrected chi connectivity index (χ4v) is 2.59. The van der Waals surface area contributed by atoms with Gasteiger partial charge in [0.05, 0.1) is 11.1 Å². The van der Waals surface area contributed by atoms with Gasteiger partial charge in [0.2, 0.25) is 5.91 Å². The Morgan fingerprint density at radius 2 is 2.23 bits per heavy atom. The molecule has 0 saturated carbocycles. The van der Waals surface area contributed by atoms with Crippen LogP contribution < -0.4 is 5.32 Å². The highest BCUT2D eigenvalue weighted by molar-refractivity contribution is 6.30. The second kappa shape index (κ2) is 7.07. The molecular weight excluding hydrogens is 313 g/mol. The lowest BCUT2D eigenvalue weighted by Crippen LogP contribution is -2.40. The van der Waals surface area contributed by atoms with Gasteiger partial charge in [-0.2, -0.15) is 0 Å². The number of halogens is 2. The van der Waals surface area contributed by atoms with Gasteiger partial charge in [-0.15, -0.1) is 0 Å². The normalized spacial score (nSPS) is 22.9. The van der Waals surface area contributed by atoms with Crippen LogP contribution in [-0.2, 0) is 14.3 Å². The van der Waals surface area contributed by atoms with Crippen LogP contribution >= 0.6 is 11.6 Å². The minimum Gasteiger partial charge on any atom is -0.479 e. The second-order valence-corrected chi connectivity index (χ2v) is 5.76. The molecule has 22 heavy (non-hydrogen) atoms. The number of rotatable bonds is 4. The molecule has 1 saturated heterocycles. The van der Waals surface area contributed by atoms with E-state index in [9.17, 15) is 19.1 Å². The molecule has 1 aliphatic heterocycles. The first-order valence-electron chi connectivity index (χ1n) is 6.98. The molecular formula is C15H17ClFNO4. The number of carbonyl (C=O) groups is 2. The molecule has 0 spiro atoms. The third-order valence-corrected chi connectivity index (χ3v) is 3.97. The third-order valence-electron chi connectivity index (χ3n) is 3.67. The van der Waals surface area contributed by atoms with Crippen LogP contribution in [0.25, 0.3) is 0 Å². The van der Waals surface area contributed by atoms with Crippen molar-refractivity contribution in [2.75, 3.05) is 6.61 Å². The van der Waals surface area contributed by atoms with E-state index >= 15 is 0 Å². The number of benzene rings is 1. The van der Waals surface area contributed by atoms with Gasteiger partial charge in [0.1, 0.15) is 5.82 Å². The molecule has 1 heterocycles. The van der Waals surface area contributed by atoms with Crippen molar-refractivity contribution in [3.05, 3.63) is 34.6 Å². The molecule has 3 unspecified atom stereocenters. The standard InChI is InChI=1S/C15H17ClFNO4/c1-8-6-10(4-5-22-8)14(19)18-13(15(20)21)9-2-3-11(16)12(17)7-9/h2-3,7-8,10,13H,4-6H2,1H3,(H,18,19)(H,20,21). The van der Waals surface area contributed by atoms with Crippen LogP contribution in [0, 0.1) is 11.7 Å². The van der Waals surface area contributed by atoms with Crippen molar-refractivity contribution >= 4 is 23.5 Å². The number of aliphatic carboxylic acids is 1. The Morgan fingerprint density at radius 3 is 2.82 bits per heavy atom. The van der Waals surface area contributed by atoms with E-state index in [-0.39, 0.29) is 28.5 Å². The number of hydrogen-bond donors (Lipinski definition) is 2. The fraction of sp³-hybridized carbons (Fsp3) is 0.467. The number of carbonyl (C=O) groups excluding carboxylic acids is 1. The Morgan fingerprint density at radius 1 is 1.50 bits per heavy atom. The monoisotopic (exact) mass is 329 g/mol. The minimum atomic E-state index is -1.31. The van der Waals surface area contributed by atoms with Crippen LogP contribution in [0.4, 0.5) is 4.39 Å². The van der Waals surface area contributed by atoms with Gasteiger partial charge in [-0.25, -0.2) is 9.18 Å². The van der Waals surface area contributed by atoms with E-state index in [4.69, 9.17) is 16.3 Å². The number of ether oxygens (including phenoxy) is 1. The number of nitrogens with one attached hydrogen (secondary N) is 1. The van der Waals surface area contributed by atoms with Crippen LogP contribution in [0.5, 0.6) is 0 Å². The quantitative estimate of drug-likeness (QED) is 0.890. The van der Waals surface area contributed by atoms with E-state index in [0.29, 0.717) is 19.4 Å². The summed E-state index contributed by atoms with van der Waals surface area (Å²) in [6, 6.07) is 2.37. The van der Waals surface area contributed by atoms with Gasteiger partial charge in [0, 0.05) is 12.5 Å². The van der Waals surface area contributed by atoms with Crippen molar-refractivity contribution in [3.63, 3.8) is 0 Å². The van der Waals surface area contributed by atoms with Gasteiger partial charge < -0.3 is 15.2 Å². The highest BCUT2D eigenvalue weighted by Crippen LogP contribution is 2.24. The molecule has 1 amide bonds. The van der Waals surface area contributed by atoms with E-state index < -0.39 is 17.8 Å². The largest absolute Gasteiger partial charge is 0.479 e. The summed E-state index contributed by atoms with van der Waals surface area (Å²) in [6.45, 7) is 2.33. The zero-order chi connectivity index (χ0) is 16.3. The number of hydrogen-bond acceptors (Lipinski definition) is 3. The predicted molar refractivity (Wildman–Crippen MR) is 78.1 cm³/mol. The molecule has 1 aliphatic rings. The second-order valence-electron chi connectivity index (χ2n) is 5.36. The molecule has 0 bridgehead atoms. The molecule has 2 N–H and O–H groups in total. The van der Waals surface area contributed by atoms with Crippen molar-refractivity contribution in [1.29, 1.82) is 0 Å². The van der Waals surface area contributed by atoms with E-state index in [0.717, 1.165) is 6.07 Å². The van der Waals surface area contributed by atoms with Crippen LogP contribution in [0.15, 0.2) is 18.2 Å². The molecule has 0 aliphatic carbocycles. The number of amides is 1. The predicted octanol–water partition coefficient (Wildman–Crippen LogP) is 2.54. The van der Waals surface area contributed by atoms with Crippen molar-refractivity contribution in [1.82, 2.24) is 5.32 Å². The summed E-state index contributed by atoms with van der Waals surface area (Å²) in [5.74, 6) is -2.64.